The molecular formula is C9H20O2. The topological polar surface area (TPSA) is 29.5 Å². The fourth-order valence-electron chi connectivity index (χ4n) is 1.29. The molecule has 0 saturated heterocycles. The number of aliphatic hydroxyl groups is 1. The van der Waals surface area contributed by atoms with Crippen LogP contribution >= 0.6 is 0 Å². The van der Waals surface area contributed by atoms with E-state index in [-0.39, 0.29) is 17.4 Å². The highest BCUT2D eigenvalue weighted by atomic mass is 16.5. The Balaban J connectivity index is 4.10. The fraction of sp³-hybridized carbons (Fsp3) is 1.00. The van der Waals surface area contributed by atoms with E-state index in [1.807, 2.05) is 6.92 Å². The van der Waals surface area contributed by atoms with E-state index in [1.165, 1.54) is 0 Å². The van der Waals surface area contributed by atoms with Gasteiger partial charge in [0.05, 0.1) is 12.7 Å². The monoisotopic (exact) mass is 160 g/mol. The molecule has 68 valence electrons. The first kappa shape index (κ1) is 10.9. The molecule has 0 spiro atoms. The molecule has 0 aliphatic carbocycles. The molecule has 0 heterocycles. The van der Waals surface area contributed by atoms with Gasteiger partial charge in [0.25, 0.3) is 0 Å². The molecule has 0 aromatic carbocycles. The van der Waals surface area contributed by atoms with Gasteiger partial charge in [0, 0.05) is 13.0 Å². The molecule has 0 aromatic rings. The number of hydrogen-bond donors (Lipinski definition) is 1. The van der Waals surface area contributed by atoms with Gasteiger partial charge in [-0.2, -0.15) is 0 Å². The zero-order chi connectivity index (χ0) is 9.07. The summed E-state index contributed by atoms with van der Waals surface area (Å²) in [6, 6.07) is 0. The van der Waals surface area contributed by atoms with Gasteiger partial charge in [0.15, 0.2) is 0 Å². The minimum atomic E-state index is -0.296. The van der Waals surface area contributed by atoms with Gasteiger partial charge >= 0.3 is 0 Å². The van der Waals surface area contributed by atoms with Gasteiger partial charge in [-0.15, -0.1) is 0 Å². The maximum absolute atomic E-state index is 9.40. The van der Waals surface area contributed by atoms with Crippen molar-refractivity contribution in [3.05, 3.63) is 0 Å². The summed E-state index contributed by atoms with van der Waals surface area (Å²) in [5, 5.41) is 9.40. The lowest BCUT2D eigenvalue weighted by Crippen LogP contribution is -2.33. The van der Waals surface area contributed by atoms with Crippen LogP contribution in [-0.2, 0) is 4.74 Å². The zero-order valence-electron chi connectivity index (χ0n) is 8.22. The molecule has 0 aliphatic rings. The van der Waals surface area contributed by atoms with Crippen LogP contribution in [0.15, 0.2) is 0 Å². The predicted octanol–water partition coefficient (Wildman–Crippen LogP) is 1.68. The average Bonchev–Trinajstić information content (AvgIpc) is 1.79. The maximum Gasteiger partial charge on any atom is 0.0567 e. The first-order valence-corrected chi connectivity index (χ1v) is 4.06. The number of rotatable bonds is 3. The summed E-state index contributed by atoms with van der Waals surface area (Å²) in [5.41, 5.74) is 0.115. The van der Waals surface area contributed by atoms with E-state index < -0.39 is 0 Å². The molecule has 1 N–H and O–H groups in total. The summed E-state index contributed by atoms with van der Waals surface area (Å²) >= 11 is 0. The van der Waals surface area contributed by atoms with Crippen LogP contribution in [0.25, 0.3) is 0 Å². The van der Waals surface area contributed by atoms with Crippen molar-refractivity contribution in [3.8, 4) is 0 Å². The third kappa shape index (κ3) is 3.73. The van der Waals surface area contributed by atoms with Crippen LogP contribution in [0.5, 0.6) is 0 Å². The first-order valence-electron chi connectivity index (χ1n) is 4.06. The van der Waals surface area contributed by atoms with Gasteiger partial charge in [-0.1, -0.05) is 20.8 Å². The van der Waals surface area contributed by atoms with Crippen molar-refractivity contribution in [1.82, 2.24) is 0 Å². The van der Waals surface area contributed by atoms with Crippen molar-refractivity contribution in [2.75, 3.05) is 13.7 Å². The molecule has 0 bridgehead atoms. The van der Waals surface area contributed by atoms with E-state index >= 15 is 0 Å². The summed E-state index contributed by atoms with van der Waals surface area (Å²) in [4.78, 5) is 0. The highest BCUT2D eigenvalue weighted by Crippen LogP contribution is 2.28. The third-order valence-corrected chi connectivity index (χ3v) is 2.04. The highest BCUT2D eigenvalue weighted by molar-refractivity contribution is 4.77. The van der Waals surface area contributed by atoms with Crippen LogP contribution < -0.4 is 0 Å². The predicted molar refractivity (Wildman–Crippen MR) is 46.5 cm³/mol. The minimum Gasteiger partial charge on any atom is -0.393 e. The number of ether oxygens (including phenoxy) is 1. The first-order chi connectivity index (χ1) is 4.89. The third-order valence-electron chi connectivity index (χ3n) is 2.04. The van der Waals surface area contributed by atoms with Crippen molar-refractivity contribution in [3.63, 3.8) is 0 Å². The number of methoxy groups -OCH3 is 1. The Morgan fingerprint density at radius 3 is 1.91 bits per heavy atom. The lowest BCUT2D eigenvalue weighted by molar-refractivity contribution is 0.000862. The van der Waals surface area contributed by atoms with E-state index in [2.05, 4.69) is 20.8 Å². The van der Waals surface area contributed by atoms with Crippen LogP contribution in [0, 0.1) is 11.3 Å². The Morgan fingerprint density at radius 2 is 1.82 bits per heavy atom. The lowest BCUT2D eigenvalue weighted by atomic mass is 9.78. The molecule has 2 nitrogen and oxygen atoms in total. The smallest absolute Gasteiger partial charge is 0.0567 e. The van der Waals surface area contributed by atoms with Crippen molar-refractivity contribution < 1.29 is 9.84 Å². The summed E-state index contributed by atoms with van der Waals surface area (Å²) in [6.45, 7) is 8.78. The van der Waals surface area contributed by atoms with Gasteiger partial charge in [-0.3, -0.25) is 0 Å². The van der Waals surface area contributed by atoms with Crippen molar-refractivity contribution in [2.24, 2.45) is 11.3 Å². The molecule has 0 radical (unpaired) electrons. The molecule has 0 aromatic heterocycles. The van der Waals surface area contributed by atoms with E-state index in [9.17, 15) is 5.11 Å². The molecule has 0 fully saturated rings. The van der Waals surface area contributed by atoms with Gasteiger partial charge in [0.2, 0.25) is 0 Å². The second-order valence-corrected chi connectivity index (χ2v) is 4.17. The largest absolute Gasteiger partial charge is 0.393 e. The van der Waals surface area contributed by atoms with Gasteiger partial charge in [-0.05, 0) is 12.3 Å². The fourth-order valence-corrected chi connectivity index (χ4v) is 1.29. The number of hydrogen-bond acceptors (Lipinski definition) is 2. The minimum absolute atomic E-state index is 0.115. The van der Waals surface area contributed by atoms with E-state index in [0.717, 1.165) is 0 Å². The van der Waals surface area contributed by atoms with E-state index in [0.29, 0.717) is 6.61 Å². The van der Waals surface area contributed by atoms with Crippen molar-refractivity contribution in [2.45, 2.75) is 33.8 Å². The molecule has 2 heteroatoms. The Bertz CT molecular complexity index is 103. The second-order valence-electron chi connectivity index (χ2n) is 4.17. The Labute approximate surface area is 69.6 Å². The van der Waals surface area contributed by atoms with Gasteiger partial charge in [0.1, 0.15) is 0 Å². The Morgan fingerprint density at radius 1 is 1.36 bits per heavy atom. The number of aliphatic hydroxyl groups excluding tert-OH is 1. The summed E-state index contributed by atoms with van der Waals surface area (Å²) in [5.74, 6) is 0.215. The highest BCUT2D eigenvalue weighted by Gasteiger charge is 2.28. The molecule has 0 amide bonds. The molecule has 0 rings (SSSR count). The second kappa shape index (κ2) is 4.07. The van der Waals surface area contributed by atoms with Gasteiger partial charge in [-0.25, -0.2) is 0 Å². The van der Waals surface area contributed by atoms with Crippen LogP contribution in [0.2, 0.25) is 0 Å². The van der Waals surface area contributed by atoms with E-state index in [1.54, 1.807) is 7.11 Å². The molecule has 0 saturated carbocycles. The molecular weight excluding hydrogens is 140 g/mol. The standard InChI is InChI=1S/C9H20O2/c1-7(10)8(6-11-5)9(2,3)4/h7-8,10H,6H2,1-5H3. The quantitative estimate of drug-likeness (QED) is 0.680. The van der Waals surface area contributed by atoms with Crippen LogP contribution in [0.1, 0.15) is 27.7 Å². The summed E-state index contributed by atoms with van der Waals surface area (Å²) in [6.07, 6.45) is -0.296. The molecule has 11 heavy (non-hydrogen) atoms. The Kier molecular flexibility index (Phi) is 4.04. The van der Waals surface area contributed by atoms with Gasteiger partial charge < -0.3 is 9.84 Å². The molecule has 2 unspecified atom stereocenters. The summed E-state index contributed by atoms with van der Waals surface area (Å²) < 4.78 is 5.03. The van der Waals surface area contributed by atoms with Crippen LogP contribution in [0.4, 0.5) is 0 Å². The van der Waals surface area contributed by atoms with Crippen LogP contribution in [-0.4, -0.2) is 24.9 Å². The zero-order valence-corrected chi connectivity index (χ0v) is 8.22. The normalized spacial score (nSPS) is 18.0. The van der Waals surface area contributed by atoms with Crippen molar-refractivity contribution in [1.29, 1.82) is 0 Å². The molecule has 0 aliphatic heterocycles. The average molecular weight is 160 g/mol. The summed E-state index contributed by atoms with van der Waals surface area (Å²) in [7, 11) is 1.67. The lowest BCUT2D eigenvalue weighted by Gasteiger charge is -2.32. The van der Waals surface area contributed by atoms with E-state index in [4.69, 9.17) is 4.74 Å². The SMILES string of the molecule is COCC(C(C)O)C(C)(C)C. The van der Waals surface area contributed by atoms with Crippen molar-refractivity contribution >= 4 is 0 Å². The maximum atomic E-state index is 9.40. The van der Waals surface area contributed by atoms with Crippen LogP contribution in [0.3, 0.4) is 0 Å². The molecule has 2 atom stereocenters. The Hall–Kier alpha value is -0.0800.